The summed E-state index contributed by atoms with van der Waals surface area (Å²) in [5, 5.41) is 0.921. The number of hydrogen-bond donors (Lipinski definition) is 1. The van der Waals surface area contributed by atoms with Crippen LogP contribution in [0.25, 0.3) is 0 Å². The molecule has 0 bridgehead atoms. The smallest absolute Gasteiger partial charge is 0.0883 e. The van der Waals surface area contributed by atoms with Crippen LogP contribution in [0.2, 0.25) is 0 Å². The molecule has 0 spiro atoms. The molecule has 1 unspecified atom stereocenters. The summed E-state index contributed by atoms with van der Waals surface area (Å²) in [6.45, 7) is 5.00. The summed E-state index contributed by atoms with van der Waals surface area (Å²) < 4.78 is 13.5. The van der Waals surface area contributed by atoms with Crippen LogP contribution in [0.5, 0.6) is 0 Å². The molecule has 0 saturated carbocycles. The van der Waals surface area contributed by atoms with Gasteiger partial charge in [0.1, 0.15) is 0 Å². The molecule has 0 aliphatic heterocycles. The lowest BCUT2D eigenvalue weighted by Crippen LogP contribution is -2.31. The molecule has 0 saturated heterocycles. The molecule has 0 aliphatic rings. The Morgan fingerprint density at radius 1 is 1.60 bits per heavy atom. The van der Waals surface area contributed by atoms with Gasteiger partial charge in [-0.05, 0) is 5.41 Å². The van der Waals surface area contributed by atoms with E-state index in [1.54, 1.807) is 6.26 Å². The van der Waals surface area contributed by atoms with Gasteiger partial charge in [0.25, 0.3) is 0 Å². The topological polar surface area (TPSA) is 29.1 Å². The van der Waals surface area contributed by atoms with Gasteiger partial charge >= 0.3 is 0 Å². The Morgan fingerprint density at radius 3 is 2.40 bits per heavy atom. The van der Waals surface area contributed by atoms with E-state index in [9.17, 15) is 4.21 Å². The molecule has 0 aliphatic carbocycles. The van der Waals surface area contributed by atoms with E-state index in [4.69, 9.17) is 0 Å². The van der Waals surface area contributed by atoms with Gasteiger partial charge in [0.05, 0.1) is 11.0 Å². The number of alkyl halides is 1. The Morgan fingerprint density at radius 2 is 2.10 bits per heavy atom. The van der Waals surface area contributed by atoms with Crippen molar-refractivity contribution in [1.29, 1.82) is 0 Å². The molecule has 0 rings (SSSR count). The minimum absolute atomic E-state index is 0.186. The Kier molecular flexibility index (Phi) is 4.73. The van der Waals surface area contributed by atoms with Crippen LogP contribution in [0.1, 0.15) is 13.8 Å². The Hall–Kier alpha value is 0.590. The number of rotatable bonds is 4. The molecular weight excluding hydrogens is 214 g/mol. The first-order valence-electron chi connectivity index (χ1n) is 3.11. The van der Waals surface area contributed by atoms with Crippen molar-refractivity contribution in [2.75, 3.05) is 18.1 Å². The molecule has 0 aromatic heterocycles. The molecule has 1 N–H and O–H groups in total. The maximum atomic E-state index is 10.6. The first kappa shape index (κ1) is 10.6. The highest BCUT2D eigenvalue weighted by molar-refractivity contribution is 9.09. The van der Waals surface area contributed by atoms with Crippen LogP contribution in [-0.4, -0.2) is 22.3 Å². The zero-order chi connectivity index (χ0) is 8.20. The molecule has 62 valence electrons. The van der Waals surface area contributed by atoms with Gasteiger partial charge in [0.15, 0.2) is 0 Å². The summed E-state index contributed by atoms with van der Waals surface area (Å²) >= 11 is 3.38. The van der Waals surface area contributed by atoms with E-state index >= 15 is 0 Å². The van der Waals surface area contributed by atoms with Gasteiger partial charge in [-0.1, -0.05) is 29.8 Å². The van der Waals surface area contributed by atoms with Crippen molar-refractivity contribution in [3.8, 4) is 0 Å². The van der Waals surface area contributed by atoms with Crippen LogP contribution in [0.4, 0.5) is 0 Å². The number of hydrogen-bond acceptors (Lipinski definition) is 1. The zero-order valence-electron chi connectivity index (χ0n) is 6.61. The van der Waals surface area contributed by atoms with Gasteiger partial charge in [-0.3, -0.25) is 0 Å². The number of halogens is 1. The second kappa shape index (κ2) is 4.46. The van der Waals surface area contributed by atoms with E-state index in [0.29, 0.717) is 0 Å². The van der Waals surface area contributed by atoms with Crippen molar-refractivity contribution in [2.24, 2.45) is 5.41 Å². The van der Waals surface area contributed by atoms with E-state index in [0.717, 1.165) is 11.9 Å². The molecule has 0 heterocycles. The van der Waals surface area contributed by atoms with Crippen LogP contribution in [-0.2, 0) is 11.0 Å². The monoisotopic (exact) mass is 227 g/mol. The maximum absolute atomic E-state index is 10.6. The highest BCUT2D eigenvalue weighted by Gasteiger charge is 2.15. The van der Waals surface area contributed by atoms with Crippen LogP contribution in [0, 0.1) is 5.41 Å². The molecular formula is C6H14BrNOS. The Balaban J connectivity index is 3.56. The molecule has 0 radical (unpaired) electrons. The third-order valence-electron chi connectivity index (χ3n) is 1.12. The first-order chi connectivity index (χ1) is 4.48. The summed E-state index contributed by atoms with van der Waals surface area (Å²) in [4.78, 5) is 0. The minimum atomic E-state index is -0.884. The van der Waals surface area contributed by atoms with Crippen molar-refractivity contribution in [2.45, 2.75) is 13.8 Å². The van der Waals surface area contributed by atoms with Crippen molar-refractivity contribution in [1.82, 2.24) is 4.72 Å². The van der Waals surface area contributed by atoms with Crippen LogP contribution < -0.4 is 4.72 Å². The second-order valence-corrected chi connectivity index (χ2v) is 4.83. The molecule has 1 atom stereocenters. The lowest BCUT2D eigenvalue weighted by molar-refractivity contribution is 0.426. The minimum Gasteiger partial charge on any atom is -0.243 e. The fraction of sp³-hybridized carbons (Fsp3) is 1.00. The van der Waals surface area contributed by atoms with E-state index in [-0.39, 0.29) is 5.41 Å². The SMILES string of the molecule is CS(=O)NCC(C)(C)CBr. The fourth-order valence-corrected chi connectivity index (χ4v) is 1.14. The summed E-state index contributed by atoms with van der Waals surface area (Å²) in [6, 6.07) is 0. The standard InChI is InChI=1S/C6H14BrNOS/c1-6(2,4-7)5-8-10(3)9/h8H,4-5H2,1-3H3. The summed E-state index contributed by atoms with van der Waals surface area (Å²) in [6.07, 6.45) is 1.64. The van der Waals surface area contributed by atoms with Gasteiger partial charge in [0, 0.05) is 18.1 Å². The predicted molar refractivity (Wildman–Crippen MR) is 49.6 cm³/mol. The molecule has 0 fully saturated rings. The fourth-order valence-electron chi connectivity index (χ4n) is 0.344. The molecule has 0 amide bonds. The third kappa shape index (κ3) is 5.38. The quantitative estimate of drug-likeness (QED) is 0.722. The molecule has 2 nitrogen and oxygen atoms in total. The van der Waals surface area contributed by atoms with Gasteiger partial charge < -0.3 is 0 Å². The van der Waals surface area contributed by atoms with Gasteiger partial charge in [-0.15, -0.1) is 0 Å². The van der Waals surface area contributed by atoms with Gasteiger partial charge in [0.2, 0.25) is 0 Å². The van der Waals surface area contributed by atoms with Crippen molar-refractivity contribution < 1.29 is 4.21 Å². The van der Waals surface area contributed by atoms with E-state index in [1.165, 1.54) is 0 Å². The van der Waals surface area contributed by atoms with E-state index < -0.39 is 11.0 Å². The molecule has 4 heteroatoms. The lowest BCUT2D eigenvalue weighted by atomic mass is 9.98. The highest BCUT2D eigenvalue weighted by atomic mass is 79.9. The van der Waals surface area contributed by atoms with Crippen molar-refractivity contribution >= 4 is 26.9 Å². The van der Waals surface area contributed by atoms with Crippen molar-refractivity contribution in [3.63, 3.8) is 0 Å². The average Bonchev–Trinajstić information content (AvgIpc) is 1.85. The molecule has 0 aromatic carbocycles. The normalized spacial score (nSPS) is 15.2. The van der Waals surface area contributed by atoms with E-state index in [1.807, 2.05) is 0 Å². The van der Waals surface area contributed by atoms with Gasteiger partial charge in [-0.2, -0.15) is 0 Å². The van der Waals surface area contributed by atoms with Gasteiger partial charge in [-0.25, -0.2) is 8.93 Å². The molecule has 10 heavy (non-hydrogen) atoms. The maximum Gasteiger partial charge on any atom is 0.0883 e. The van der Waals surface area contributed by atoms with Crippen LogP contribution in [0.15, 0.2) is 0 Å². The van der Waals surface area contributed by atoms with Crippen LogP contribution >= 0.6 is 15.9 Å². The first-order valence-corrected chi connectivity index (χ1v) is 5.79. The van der Waals surface area contributed by atoms with E-state index in [2.05, 4.69) is 34.5 Å². The highest BCUT2D eigenvalue weighted by Crippen LogP contribution is 2.16. The predicted octanol–water partition coefficient (Wildman–Crippen LogP) is 1.29. The summed E-state index contributed by atoms with van der Waals surface area (Å²) in [5.41, 5.74) is 0.186. The summed E-state index contributed by atoms with van der Waals surface area (Å²) in [5.74, 6) is 0. The number of nitrogens with one attached hydrogen (secondary N) is 1. The average molecular weight is 228 g/mol. The lowest BCUT2D eigenvalue weighted by Gasteiger charge is -2.20. The largest absolute Gasteiger partial charge is 0.243 e. The Bertz CT molecular complexity index is 127. The molecule has 0 aromatic rings. The summed E-state index contributed by atoms with van der Waals surface area (Å²) in [7, 11) is -0.884. The third-order valence-corrected chi connectivity index (χ3v) is 3.18. The second-order valence-electron chi connectivity index (χ2n) is 3.07. The zero-order valence-corrected chi connectivity index (χ0v) is 9.01. The van der Waals surface area contributed by atoms with Crippen LogP contribution in [0.3, 0.4) is 0 Å². The Labute approximate surface area is 73.5 Å². The van der Waals surface area contributed by atoms with Crippen molar-refractivity contribution in [3.05, 3.63) is 0 Å².